The van der Waals surface area contributed by atoms with Gasteiger partial charge in [-0.3, -0.25) is 4.18 Å². The van der Waals surface area contributed by atoms with Crippen LogP contribution in [0.3, 0.4) is 0 Å². The fraction of sp³-hybridized carbons (Fsp3) is 0.571. The number of esters is 1. The molecule has 0 unspecified atom stereocenters. The third-order valence-corrected chi connectivity index (χ3v) is 1.45. The van der Waals surface area contributed by atoms with Crippen LogP contribution in [0.1, 0.15) is 6.42 Å². The summed E-state index contributed by atoms with van der Waals surface area (Å²) in [7, 11) is -3.59. The maximum Gasteiger partial charge on any atom is 0.333 e. The van der Waals surface area contributed by atoms with E-state index in [4.69, 9.17) is 6.42 Å². The van der Waals surface area contributed by atoms with E-state index in [1.165, 1.54) is 0 Å². The van der Waals surface area contributed by atoms with Crippen molar-refractivity contribution < 1.29 is 22.1 Å². The number of carbonyl (C=O) groups excluding carboxylic acids is 1. The number of ether oxygens (including phenoxy) is 1. The van der Waals surface area contributed by atoms with Crippen LogP contribution in [-0.2, 0) is 23.8 Å². The van der Waals surface area contributed by atoms with Gasteiger partial charge in [0.25, 0.3) is 10.1 Å². The molecular formula is C7H10O5S. The molecule has 0 aliphatic carbocycles. The second kappa shape index (κ2) is 5.56. The van der Waals surface area contributed by atoms with Gasteiger partial charge in [-0.25, -0.2) is 4.79 Å². The number of rotatable bonds is 5. The highest BCUT2D eigenvalue weighted by Gasteiger charge is 2.07. The first-order valence-electron chi connectivity index (χ1n) is 3.39. The Kier molecular flexibility index (Phi) is 5.11. The normalized spacial score (nSPS) is 10.5. The molecule has 0 atom stereocenters. The minimum absolute atomic E-state index is 0.0719. The van der Waals surface area contributed by atoms with Gasteiger partial charge in [0.1, 0.15) is 6.61 Å². The van der Waals surface area contributed by atoms with Crippen LogP contribution in [0.2, 0.25) is 0 Å². The van der Waals surface area contributed by atoms with Crippen molar-refractivity contribution in [1.82, 2.24) is 0 Å². The van der Waals surface area contributed by atoms with Crippen LogP contribution in [0, 0.1) is 12.3 Å². The van der Waals surface area contributed by atoms with Crippen LogP contribution in [0.5, 0.6) is 0 Å². The standard InChI is InChI=1S/C7H10O5S/c1-3-4-5-11-7(8)6-12-13(2,9)10/h1H,4-6H2,2H3. The highest BCUT2D eigenvalue weighted by molar-refractivity contribution is 7.86. The molecule has 0 bridgehead atoms. The quantitative estimate of drug-likeness (QED) is 0.263. The Bertz CT molecular complexity index is 297. The maximum atomic E-state index is 10.7. The lowest BCUT2D eigenvalue weighted by atomic mass is 10.5. The van der Waals surface area contributed by atoms with Gasteiger partial charge in [-0.15, -0.1) is 12.3 Å². The summed E-state index contributed by atoms with van der Waals surface area (Å²) < 4.78 is 29.5. The topological polar surface area (TPSA) is 69.7 Å². The molecule has 5 nitrogen and oxygen atoms in total. The molecule has 0 spiro atoms. The van der Waals surface area contributed by atoms with E-state index in [1.54, 1.807) is 0 Å². The third kappa shape index (κ3) is 8.85. The molecule has 74 valence electrons. The van der Waals surface area contributed by atoms with Crippen molar-refractivity contribution in [3.63, 3.8) is 0 Å². The fourth-order valence-electron chi connectivity index (χ4n) is 0.421. The number of carbonyl (C=O) groups is 1. The van der Waals surface area contributed by atoms with Crippen molar-refractivity contribution in [2.24, 2.45) is 0 Å². The summed E-state index contributed by atoms with van der Waals surface area (Å²) in [6.45, 7) is -0.536. The Morgan fingerprint density at radius 1 is 1.54 bits per heavy atom. The molecule has 0 aromatic heterocycles. The van der Waals surface area contributed by atoms with Gasteiger partial charge in [0.15, 0.2) is 6.61 Å². The number of terminal acetylenes is 1. The lowest BCUT2D eigenvalue weighted by Gasteiger charge is -2.01. The zero-order valence-electron chi connectivity index (χ0n) is 7.15. The molecule has 0 N–H and O–H groups in total. The molecule has 0 fully saturated rings. The summed E-state index contributed by atoms with van der Waals surface area (Å²) in [5.41, 5.74) is 0. The van der Waals surface area contributed by atoms with Gasteiger partial charge in [0.05, 0.1) is 6.26 Å². The molecule has 0 amide bonds. The van der Waals surface area contributed by atoms with Crippen LogP contribution in [0.15, 0.2) is 0 Å². The fourth-order valence-corrected chi connectivity index (χ4v) is 0.731. The van der Waals surface area contributed by atoms with Crippen LogP contribution in [-0.4, -0.2) is 33.9 Å². The average Bonchev–Trinajstić information content (AvgIpc) is 2.00. The Morgan fingerprint density at radius 3 is 2.62 bits per heavy atom. The maximum absolute atomic E-state index is 10.7. The van der Waals surface area contributed by atoms with E-state index in [-0.39, 0.29) is 6.61 Å². The summed E-state index contributed by atoms with van der Waals surface area (Å²) >= 11 is 0. The summed E-state index contributed by atoms with van der Waals surface area (Å²) in [6.07, 6.45) is 6.03. The van der Waals surface area contributed by atoms with Gasteiger partial charge in [-0.2, -0.15) is 8.42 Å². The van der Waals surface area contributed by atoms with Gasteiger partial charge in [0, 0.05) is 6.42 Å². The predicted octanol–water partition coefficient (Wildman–Crippen LogP) is -0.471. The van der Waals surface area contributed by atoms with Crippen molar-refractivity contribution in [3.05, 3.63) is 0 Å². The monoisotopic (exact) mass is 206 g/mol. The zero-order chi connectivity index (χ0) is 10.3. The van der Waals surface area contributed by atoms with Gasteiger partial charge >= 0.3 is 5.97 Å². The summed E-state index contributed by atoms with van der Waals surface area (Å²) in [5.74, 6) is 1.51. The van der Waals surface area contributed by atoms with Crippen molar-refractivity contribution in [2.45, 2.75) is 6.42 Å². The Balaban J connectivity index is 3.60. The second-order valence-corrected chi connectivity index (χ2v) is 3.78. The molecular weight excluding hydrogens is 196 g/mol. The minimum atomic E-state index is -3.59. The second-order valence-electron chi connectivity index (χ2n) is 2.14. The van der Waals surface area contributed by atoms with Crippen molar-refractivity contribution in [1.29, 1.82) is 0 Å². The molecule has 0 saturated carbocycles. The van der Waals surface area contributed by atoms with E-state index < -0.39 is 22.7 Å². The molecule has 6 heteroatoms. The zero-order valence-corrected chi connectivity index (χ0v) is 7.96. The Morgan fingerprint density at radius 2 is 2.15 bits per heavy atom. The lowest BCUT2D eigenvalue weighted by Crippen LogP contribution is -2.16. The summed E-state index contributed by atoms with van der Waals surface area (Å²) in [6, 6.07) is 0. The summed E-state index contributed by atoms with van der Waals surface area (Å²) in [5, 5.41) is 0. The van der Waals surface area contributed by atoms with Crippen LogP contribution >= 0.6 is 0 Å². The van der Waals surface area contributed by atoms with Crippen LogP contribution in [0.25, 0.3) is 0 Å². The highest BCUT2D eigenvalue weighted by Crippen LogP contribution is 1.89. The SMILES string of the molecule is C#CCCOC(=O)COS(C)(=O)=O. The molecule has 0 radical (unpaired) electrons. The van der Waals surface area contributed by atoms with Gasteiger partial charge in [0.2, 0.25) is 0 Å². The molecule has 0 aliphatic heterocycles. The van der Waals surface area contributed by atoms with Crippen LogP contribution < -0.4 is 0 Å². The number of hydrogen-bond acceptors (Lipinski definition) is 5. The first-order chi connectivity index (χ1) is 5.95. The van der Waals surface area contributed by atoms with Crippen molar-refractivity contribution in [2.75, 3.05) is 19.5 Å². The van der Waals surface area contributed by atoms with E-state index in [1.807, 2.05) is 0 Å². The Labute approximate surface area is 77.2 Å². The van der Waals surface area contributed by atoms with E-state index in [9.17, 15) is 13.2 Å². The molecule has 0 aliphatic rings. The van der Waals surface area contributed by atoms with Crippen molar-refractivity contribution >= 4 is 16.1 Å². The predicted molar refractivity (Wildman–Crippen MR) is 45.2 cm³/mol. The van der Waals surface area contributed by atoms with Gasteiger partial charge in [-0.1, -0.05) is 0 Å². The first kappa shape index (κ1) is 11.9. The third-order valence-electron chi connectivity index (χ3n) is 0.900. The van der Waals surface area contributed by atoms with E-state index in [2.05, 4.69) is 14.8 Å². The number of hydrogen-bond donors (Lipinski definition) is 0. The van der Waals surface area contributed by atoms with Crippen molar-refractivity contribution in [3.8, 4) is 12.3 Å². The van der Waals surface area contributed by atoms with E-state index in [0.29, 0.717) is 6.42 Å². The Hall–Kier alpha value is -1.06. The highest BCUT2D eigenvalue weighted by atomic mass is 32.2. The summed E-state index contributed by atoms with van der Waals surface area (Å²) in [4.78, 5) is 10.7. The smallest absolute Gasteiger partial charge is 0.333 e. The molecule has 13 heavy (non-hydrogen) atoms. The lowest BCUT2D eigenvalue weighted by molar-refractivity contribution is -0.145. The molecule has 0 aromatic rings. The minimum Gasteiger partial charge on any atom is -0.463 e. The molecule has 0 rings (SSSR count). The van der Waals surface area contributed by atoms with E-state index in [0.717, 1.165) is 6.26 Å². The van der Waals surface area contributed by atoms with Gasteiger partial charge < -0.3 is 4.74 Å². The average molecular weight is 206 g/mol. The van der Waals surface area contributed by atoms with Gasteiger partial charge in [-0.05, 0) is 0 Å². The molecule has 0 saturated heterocycles. The molecule has 0 heterocycles. The van der Waals surface area contributed by atoms with E-state index >= 15 is 0 Å². The first-order valence-corrected chi connectivity index (χ1v) is 5.21. The van der Waals surface area contributed by atoms with Crippen LogP contribution in [0.4, 0.5) is 0 Å². The largest absolute Gasteiger partial charge is 0.463 e. The molecule has 0 aromatic carbocycles.